The van der Waals surface area contributed by atoms with Crippen molar-refractivity contribution < 1.29 is 9.59 Å². The molecule has 0 radical (unpaired) electrons. The van der Waals surface area contributed by atoms with Crippen molar-refractivity contribution in [3.63, 3.8) is 0 Å². The van der Waals surface area contributed by atoms with E-state index in [1.165, 1.54) is 12.2 Å². The molecule has 0 aliphatic carbocycles. The van der Waals surface area contributed by atoms with Gasteiger partial charge in [0.1, 0.15) is 6.29 Å². The molecule has 5 nitrogen and oxygen atoms in total. The van der Waals surface area contributed by atoms with E-state index in [-0.39, 0.29) is 0 Å². The van der Waals surface area contributed by atoms with Crippen LogP contribution in [-0.4, -0.2) is 12.2 Å². The van der Waals surface area contributed by atoms with Crippen molar-refractivity contribution in [3.8, 4) is 0 Å². The lowest BCUT2D eigenvalue weighted by Gasteiger charge is -1.93. The van der Waals surface area contributed by atoms with E-state index < -0.39 is 5.91 Å². The maximum Gasteiger partial charge on any atom is 0.266 e. The predicted octanol–water partition coefficient (Wildman–Crippen LogP) is 1.31. The fourth-order valence-corrected chi connectivity index (χ4v) is 0.940. The van der Waals surface area contributed by atoms with Gasteiger partial charge in [-0.15, -0.1) is 4.91 Å². The second-order valence-electron chi connectivity index (χ2n) is 2.69. The van der Waals surface area contributed by atoms with E-state index in [0.717, 1.165) is 11.8 Å². The number of carbonyl (C=O) groups is 2. The first-order chi connectivity index (χ1) is 7.26. The molecule has 1 aromatic rings. The topological polar surface area (TPSA) is 75.6 Å². The van der Waals surface area contributed by atoms with E-state index in [0.29, 0.717) is 5.56 Å². The summed E-state index contributed by atoms with van der Waals surface area (Å²) in [4.78, 5) is 30.8. The van der Waals surface area contributed by atoms with Crippen LogP contribution in [0.2, 0.25) is 0 Å². The lowest BCUT2D eigenvalue weighted by Crippen LogP contribution is -2.12. The molecule has 1 aromatic carbocycles. The van der Waals surface area contributed by atoms with Gasteiger partial charge in [0.05, 0.1) is 5.29 Å². The highest BCUT2D eigenvalue weighted by atomic mass is 16.3. The Hall–Kier alpha value is -2.30. The van der Waals surface area contributed by atoms with Crippen molar-refractivity contribution >= 4 is 18.3 Å². The number of amides is 1. The highest BCUT2D eigenvalue weighted by Gasteiger charge is 1.93. The lowest BCUT2D eigenvalue weighted by atomic mass is 10.1. The molecular formula is C10H8N2O3. The van der Waals surface area contributed by atoms with Crippen LogP contribution in [0.3, 0.4) is 0 Å². The van der Waals surface area contributed by atoms with Crippen LogP contribution in [0.1, 0.15) is 15.9 Å². The zero-order valence-electron chi connectivity index (χ0n) is 7.71. The molecular weight excluding hydrogens is 196 g/mol. The third-order valence-electron chi connectivity index (χ3n) is 1.66. The van der Waals surface area contributed by atoms with Gasteiger partial charge >= 0.3 is 0 Å². The SMILES string of the molecule is O=Cc1ccc(/C=C/C(=O)NN=O)cc1. The van der Waals surface area contributed by atoms with E-state index in [2.05, 4.69) is 5.29 Å². The number of nitrogens with zero attached hydrogens (tertiary/aromatic N) is 1. The summed E-state index contributed by atoms with van der Waals surface area (Å²) in [6, 6.07) is 6.62. The Kier molecular flexibility index (Phi) is 3.91. The molecule has 0 aromatic heterocycles. The molecule has 1 N–H and O–H groups in total. The zero-order chi connectivity index (χ0) is 11.1. The predicted molar refractivity (Wildman–Crippen MR) is 54.8 cm³/mol. The number of rotatable bonds is 4. The Morgan fingerprint density at radius 3 is 2.33 bits per heavy atom. The summed E-state index contributed by atoms with van der Waals surface area (Å²) in [5.74, 6) is -0.593. The Morgan fingerprint density at radius 2 is 1.80 bits per heavy atom. The van der Waals surface area contributed by atoms with Crippen molar-refractivity contribution in [2.24, 2.45) is 5.29 Å². The van der Waals surface area contributed by atoms with Crippen LogP contribution in [-0.2, 0) is 4.79 Å². The van der Waals surface area contributed by atoms with Crippen LogP contribution in [0.4, 0.5) is 0 Å². The summed E-state index contributed by atoms with van der Waals surface area (Å²) in [6.07, 6.45) is 3.42. The van der Waals surface area contributed by atoms with E-state index in [1.807, 2.05) is 0 Å². The number of aldehydes is 1. The van der Waals surface area contributed by atoms with Gasteiger partial charge in [0.25, 0.3) is 5.91 Å². The normalized spacial score (nSPS) is 9.87. The first-order valence-corrected chi connectivity index (χ1v) is 4.12. The molecule has 0 bridgehead atoms. The molecule has 0 aliphatic heterocycles. The minimum Gasteiger partial charge on any atom is -0.298 e. The van der Waals surface area contributed by atoms with Gasteiger partial charge in [-0.3, -0.25) is 9.59 Å². The van der Waals surface area contributed by atoms with Crippen molar-refractivity contribution in [3.05, 3.63) is 46.4 Å². The van der Waals surface area contributed by atoms with E-state index >= 15 is 0 Å². The molecule has 0 saturated heterocycles. The fourth-order valence-electron chi connectivity index (χ4n) is 0.940. The minimum atomic E-state index is -0.593. The molecule has 15 heavy (non-hydrogen) atoms. The third kappa shape index (κ3) is 3.51. The number of hydrogen-bond acceptors (Lipinski definition) is 4. The highest BCUT2D eigenvalue weighted by molar-refractivity contribution is 5.91. The van der Waals surface area contributed by atoms with Crippen molar-refractivity contribution in [2.75, 3.05) is 0 Å². The number of benzene rings is 1. The van der Waals surface area contributed by atoms with Gasteiger partial charge in [0.15, 0.2) is 0 Å². The average molecular weight is 204 g/mol. The number of hydrogen-bond donors (Lipinski definition) is 1. The summed E-state index contributed by atoms with van der Waals surface area (Å²) >= 11 is 0. The van der Waals surface area contributed by atoms with Gasteiger partial charge in [-0.2, -0.15) is 0 Å². The van der Waals surface area contributed by atoms with Gasteiger partial charge in [-0.05, 0) is 11.6 Å². The third-order valence-corrected chi connectivity index (χ3v) is 1.66. The maximum absolute atomic E-state index is 10.8. The summed E-state index contributed by atoms with van der Waals surface area (Å²) in [5, 5.41) is 2.23. The Labute approximate surface area is 85.7 Å². The Morgan fingerprint density at radius 1 is 1.20 bits per heavy atom. The van der Waals surface area contributed by atoms with Gasteiger partial charge < -0.3 is 0 Å². The number of nitroso groups, excluding NO2 is 1. The molecule has 0 atom stereocenters. The van der Waals surface area contributed by atoms with Crippen LogP contribution in [0, 0.1) is 4.91 Å². The standard InChI is InChI=1S/C10H8N2O3/c13-7-9-3-1-8(2-4-9)5-6-10(14)11-12-15/h1-7H,(H,11,14,15)/b6-5+. The summed E-state index contributed by atoms with van der Waals surface area (Å²) in [5.41, 5.74) is 3.04. The van der Waals surface area contributed by atoms with Crippen LogP contribution in [0.15, 0.2) is 35.6 Å². The quantitative estimate of drug-likeness (QED) is 0.347. The highest BCUT2D eigenvalue weighted by Crippen LogP contribution is 2.04. The summed E-state index contributed by atoms with van der Waals surface area (Å²) < 4.78 is 0. The van der Waals surface area contributed by atoms with Crippen molar-refractivity contribution in [1.82, 2.24) is 5.43 Å². The Balaban J connectivity index is 2.68. The first kappa shape index (κ1) is 10.8. The minimum absolute atomic E-state index is 0.561. The van der Waals surface area contributed by atoms with E-state index in [1.54, 1.807) is 29.7 Å². The smallest absolute Gasteiger partial charge is 0.266 e. The van der Waals surface area contributed by atoms with Crippen LogP contribution >= 0.6 is 0 Å². The van der Waals surface area contributed by atoms with E-state index in [9.17, 15) is 14.5 Å². The second-order valence-corrected chi connectivity index (χ2v) is 2.69. The van der Waals surface area contributed by atoms with Crippen molar-refractivity contribution in [2.45, 2.75) is 0 Å². The monoisotopic (exact) mass is 204 g/mol. The molecule has 0 spiro atoms. The van der Waals surface area contributed by atoms with Crippen LogP contribution in [0.25, 0.3) is 6.08 Å². The molecule has 1 amide bonds. The van der Waals surface area contributed by atoms with E-state index in [4.69, 9.17) is 0 Å². The molecule has 5 heteroatoms. The molecule has 0 unspecified atom stereocenters. The number of carbonyl (C=O) groups excluding carboxylic acids is 2. The number of nitrogens with one attached hydrogen (secondary N) is 1. The molecule has 76 valence electrons. The zero-order valence-corrected chi connectivity index (χ0v) is 7.71. The molecule has 0 heterocycles. The Bertz CT molecular complexity index is 396. The first-order valence-electron chi connectivity index (χ1n) is 4.12. The van der Waals surface area contributed by atoms with Gasteiger partial charge in [0.2, 0.25) is 0 Å². The van der Waals surface area contributed by atoms with Crippen LogP contribution in [0.5, 0.6) is 0 Å². The summed E-state index contributed by atoms with van der Waals surface area (Å²) in [6.45, 7) is 0. The molecule has 0 saturated carbocycles. The average Bonchev–Trinajstić information content (AvgIpc) is 2.27. The maximum atomic E-state index is 10.8. The fraction of sp³-hybridized carbons (Fsp3) is 0. The molecule has 0 aliphatic rings. The van der Waals surface area contributed by atoms with Gasteiger partial charge in [-0.25, -0.2) is 5.43 Å². The summed E-state index contributed by atoms with van der Waals surface area (Å²) in [7, 11) is 0. The lowest BCUT2D eigenvalue weighted by molar-refractivity contribution is -0.116. The largest absolute Gasteiger partial charge is 0.298 e. The second kappa shape index (κ2) is 5.43. The van der Waals surface area contributed by atoms with Gasteiger partial charge in [-0.1, -0.05) is 24.3 Å². The van der Waals surface area contributed by atoms with Crippen LogP contribution < -0.4 is 5.43 Å². The van der Waals surface area contributed by atoms with Gasteiger partial charge in [0, 0.05) is 11.6 Å². The molecule has 0 fully saturated rings. The molecule has 1 rings (SSSR count). The van der Waals surface area contributed by atoms with Crippen molar-refractivity contribution in [1.29, 1.82) is 0 Å².